The van der Waals surface area contributed by atoms with Crippen LogP contribution in [-0.2, 0) is 0 Å². The summed E-state index contributed by atoms with van der Waals surface area (Å²) in [6, 6.07) is 8.41. The van der Waals surface area contributed by atoms with Crippen LogP contribution in [0.4, 0.5) is 0 Å². The van der Waals surface area contributed by atoms with Crippen LogP contribution in [0.3, 0.4) is 0 Å². The molecule has 0 spiro atoms. The van der Waals surface area contributed by atoms with Crippen LogP contribution in [-0.4, -0.2) is 26.3 Å². The molecule has 0 aliphatic rings. The minimum atomic E-state index is 0.612. The van der Waals surface area contributed by atoms with E-state index >= 15 is 0 Å². The Balaban J connectivity index is 2.26. The monoisotopic (exact) mass is 265 g/mol. The van der Waals surface area contributed by atoms with E-state index in [-0.39, 0.29) is 0 Å². The van der Waals surface area contributed by atoms with Gasteiger partial charge in [0.25, 0.3) is 0 Å². The molecular formula is C16H27NO2. The normalized spacial score (nSPS) is 12.2. The summed E-state index contributed by atoms with van der Waals surface area (Å²) in [5.41, 5.74) is 0. The molecule has 0 aliphatic heterocycles. The summed E-state index contributed by atoms with van der Waals surface area (Å²) in [5.74, 6) is 1.64. The maximum Gasteiger partial charge on any atom is 0.161 e. The van der Waals surface area contributed by atoms with Crippen LogP contribution < -0.4 is 14.8 Å². The molecule has 0 saturated heterocycles. The van der Waals surface area contributed by atoms with E-state index in [0.717, 1.165) is 37.5 Å². The molecule has 108 valence electrons. The molecule has 1 atom stereocenters. The van der Waals surface area contributed by atoms with E-state index in [0.29, 0.717) is 6.04 Å². The Labute approximate surface area is 117 Å². The van der Waals surface area contributed by atoms with E-state index in [2.05, 4.69) is 19.2 Å². The Hall–Kier alpha value is -1.22. The van der Waals surface area contributed by atoms with Gasteiger partial charge in [-0.1, -0.05) is 26.0 Å². The fraction of sp³-hybridized carbons (Fsp3) is 0.625. The zero-order chi connectivity index (χ0) is 13.9. The first-order valence-corrected chi connectivity index (χ1v) is 7.31. The Morgan fingerprint density at radius 1 is 1.16 bits per heavy atom. The smallest absolute Gasteiger partial charge is 0.161 e. The summed E-state index contributed by atoms with van der Waals surface area (Å²) in [4.78, 5) is 0. The number of methoxy groups -OCH3 is 1. The first kappa shape index (κ1) is 15.8. The van der Waals surface area contributed by atoms with Crippen LogP contribution in [0.2, 0.25) is 0 Å². The number of ether oxygens (including phenoxy) is 2. The Morgan fingerprint density at radius 2 is 1.89 bits per heavy atom. The first-order chi connectivity index (χ1) is 9.31. The second kappa shape index (κ2) is 9.68. The van der Waals surface area contributed by atoms with Crippen molar-refractivity contribution < 1.29 is 9.47 Å². The van der Waals surface area contributed by atoms with Crippen molar-refractivity contribution in [1.82, 2.24) is 5.32 Å². The predicted molar refractivity (Wildman–Crippen MR) is 80.1 cm³/mol. The summed E-state index contributed by atoms with van der Waals surface area (Å²) in [6.45, 7) is 6.27. The molecular weight excluding hydrogens is 238 g/mol. The third-order valence-corrected chi connectivity index (χ3v) is 3.20. The van der Waals surface area contributed by atoms with Crippen LogP contribution in [0.25, 0.3) is 0 Å². The summed E-state index contributed by atoms with van der Waals surface area (Å²) < 4.78 is 11.0. The van der Waals surface area contributed by atoms with Crippen molar-refractivity contribution in [3.63, 3.8) is 0 Å². The standard InChI is InChI=1S/C16H27NO2/c1-4-12-17-14(5-2)9-8-13-19-16-11-7-6-10-15(16)18-3/h6-7,10-11,14,17H,4-5,8-9,12-13H2,1-3H3. The summed E-state index contributed by atoms with van der Waals surface area (Å²) in [6.07, 6.45) is 4.59. The molecule has 3 nitrogen and oxygen atoms in total. The molecule has 0 fully saturated rings. The van der Waals surface area contributed by atoms with E-state index in [1.165, 1.54) is 12.8 Å². The molecule has 0 aliphatic carbocycles. The van der Waals surface area contributed by atoms with Crippen LogP contribution in [0.15, 0.2) is 24.3 Å². The van der Waals surface area contributed by atoms with Crippen molar-refractivity contribution >= 4 is 0 Å². The highest BCUT2D eigenvalue weighted by atomic mass is 16.5. The van der Waals surface area contributed by atoms with E-state index in [1.54, 1.807) is 7.11 Å². The highest BCUT2D eigenvalue weighted by molar-refractivity contribution is 5.39. The van der Waals surface area contributed by atoms with Gasteiger partial charge in [-0.25, -0.2) is 0 Å². The molecule has 1 unspecified atom stereocenters. The molecule has 0 saturated carbocycles. The zero-order valence-electron chi connectivity index (χ0n) is 12.4. The third-order valence-electron chi connectivity index (χ3n) is 3.20. The number of hydrogen-bond donors (Lipinski definition) is 1. The van der Waals surface area contributed by atoms with Crippen molar-refractivity contribution in [2.75, 3.05) is 20.3 Å². The Morgan fingerprint density at radius 3 is 2.53 bits per heavy atom. The van der Waals surface area contributed by atoms with E-state index in [1.807, 2.05) is 24.3 Å². The highest BCUT2D eigenvalue weighted by Crippen LogP contribution is 2.25. The minimum absolute atomic E-state index is 0.612. The van der Waals surface area contributed by atoms with Gasteiger partial charge in [-0.2, -0.15) is 0 Å². The molecule has 1 aromatic carbocycles. The molecule has 1 aromatic rings. The number of nitrogens with one attached hydrogen (secondary N) is 1. The molecule has 1 rings (SSSR count). The molecule has 0 bridgehead atoms. The highest BCUT2D eigenvalue weighted by Gasteiger charge is 2.06. The summed E-state index contributed by atoms with van der Waals surface area (Å²) >= 11 is 0. The lowest BCUT2D eigenvalue weighted by Gasteiger charge is -2.16. The van der Waals surface area contributed by atoms with Crippen molar-refractivity contribution in [2.24, 2.45) is 0 Å². The van der Waals surface area contributed by atoms with Gasteiger partial charge in [-0.05, 0) is 44.4 Å². The fourth-order valence-corrected chi connectivity index (χ4v) is 2.05. The van der Waals surface area contributed by atoms with Crippen molar-refractivity contribution in [3.8, 4) is 11.5 Å². The average Bonchev–Trinajstić information content (AvgIpc) is 2.47. The van der Waals surface area contributed by atoms with Crippen molar-refractivity contribution in [2.45, 2.75) is 45.6 Å². The van der Waals surface area contributed by atoms with Gasteiger partial charge in [-0.15, -0.1) is 0 Å². The van der Waals surface area contributed by atoms with Gasteiger partial charge in [0, 0.05) is 6.04 Å². The second-order valence-electron chi connectivity index (χ2n) is 4.70. The van der Waals surface area contributed by atoms with Crippen LogP contribution in [0.5, 0.6) is 11.5 Å². The molecule has 0 radical (unpaired) electrons. The van der Waals surface area contributed by atoms with Gasteiger partial charge in [0.1, 0.15) is 0 Å². The molecule has 0 heterocycles. The molecule has 0 amide bonds. The average molecular weight is 265 g/mol. The summed E-state index contributed by atoms with van der Waals surface area (Å²) in [5, 5.41) is 3.56. The fourth-order valence-electron chi connectivity index (χ4n) is 2.05. The van der Waals surface area contributed by atoms with E-state index in [4.69, 9.17) is 9.47 Å². The lowest BCUT2D eigenvalue weighted by Crippen LogP contribution is -2.29. The number of rotatable bonds is 10. The topological polar surface area (TPSA) is 30.5 Å². The van der Waals surface area contributed by atoms with Crippen LogP contribution in [0, 0.1) is 0 Å². The molecule has 0 aromatic heterocycles. The van der Waals surface area contributed by atoms with E-state index in [9.17, 15) is 0 Å². The van der Waals surface area contributed by atoms with Crippen LogP contribution in [0.1, 0.15) is 39.5 Å². The SMILES string of the molecule is CCCNC(CC)CCCOc1ccccc1OC. The van der Waals surface area contributed by atoms with Gasteiger partial charge < -0.3 is 14.8 Å². The van der Waals surface area contributed by atoms with Gasteiger partial charge in [0.2, 0.25) is 0 Å². The molecule has 1 N–H and O–H groups in total. The minimum Gasteiger partial charge on any atom is -0.493 e. The van der Waals surface area contributed by atoms with Gasteiger partial charge in [-0.3, -0.25) is 0 Å². The third kappa shape index (κ3) is 5.97. The second-order valence-corrected chi connectivity index (χ2v) is 4.70. The van der Waals surface area contributed by atoms with Gasteiger partial charge in [0.05, 0.1) is 13.7 Å². The lowest BCUT2D eigenvalue weighted by atomic mass is 10.1. The number of benzene rings is 1. The number of hydrogen-bond acceptors (Lipinski definition) is 3. The largest absolute Gasteiger partial charge is 0.493 e. The Bertz CT molecular complexity index is 341. The summed E-state index contributed by atoms with van der Waals surface area (Å²) in [7, 11) is 1.67. The number of para-hydroxylation sites is 2. The predicted octanol–water partition coefficient (Wildman–Crippen LogP) is 3.63. The molecule has 19 heavy (non-hydrogen) atoms. The van der Waals surface area contributed by atoms with E-state index < -0.39 is 0 Å². The maximum atomic E-state index is 5.77. The first-order valence-electron chi connectivity index (χ1n) is 7.31. The van der Waals surface area contributed by atoms with Gasteiger partial charge >= 0.3 is 0 Å². The van der Waals surface area contributed by atoms with Crippen molar-refractivity contribution in [3.05, 3.63) is 24.3 Å². The zero-order valence-corrected chi connectivity index (χ0v) is 12.4. The lowest BCUT2D eigenvalue weighted by molar-refractivity contribution is 0.277. The van der Waals surface area contributed by atoms with Crippen LogP contribution >= 0.6 is 0 Å². The maximum absolute atomic E-state index is 5.77. The van der Waals surface area contributed by atoms with Gasteiger partial charge in [0.15, 0.2) is 11.5 Å². The van der Waals surface area contributed by atoms with Crippen molar-refractivity contribution in [1.29, 1.82) is 0 Å². The Kier molecular flexibility index (Phi) is 8.07. The molecule has 3 heteroatoms. The quantitative estimate of drug-likeness (QED) is 0.655.